The summed E-state index contributed by atoms with van der Waals surface area (Å²) in [5.74, 6) is 1.08. The molecule has 1 aromatic carbocycles. The zero-order valence-electron chi connectivity index (χ0n) is 15.4. The molecule has 0 unspecified atom stereocenters. The molecule has 5 rings (SSSR count). The van der Waals surface area contributed by atoms with Gasteiger partial charge in [0.05, 0.1) is 18.1 Å². The first-order valence-corrected chi connectivity index (χ1v) is 9.50. The van der Waals surface area contributed by atoms with Crippen molar-refractivity contribution < 1.29 is 4.42 Å². The maximum absolute atomic E-state index is 6.12. The van der Waals surface area contributed by atoms with Gasteiger partial charge in [0.15, 0.2) is 0 Å². The Morgan fingerprint density at radius 3 is 3.00 bits per heavy atom. The lowest BCUT2D eigenvalue weighted by Crippen LogP contribution is -2.36. The number of aryl methyl sites for hydroxylation is 1. The Labute approximate surface area is 158 Å². The number of hydrogen-bond acceptors (Lipinski definition) is 4. The van der Waals surface area contributed by atoms with Crippen LogP contribution in [-0.2, 0) is 19.4 Å². The average molecular weight is 358 g/mol. The van der Waals surface area contributed by atoms with Gasteiger partial charge in [-0.1, -0.05) is 31.2 Å². The fourth-order valence-electron chi connectivity index (χ4n) is 4.21. The number of aromatic amines is 1. The van der Waals surface area contributed by atoms with Crippen LogP contribution in [-0.4, -0.2) is 26.4 Å². The molecule has 4 heterocycles. The predicted octanol–water partition coefficient (Wildman–Crippen LogP) is 4.26. The first-order chi connectivity index (χ1) is 13.3. The van der Waals surface area contributed by atoms with E-state index in [4.69, 9.17) is 4.42 Å². The number of aromatic nitrogens is 3. The SMILES string of the molecule is CCc1oc2ccccc2c1CN1CCc2[nH]cnc2[C@@H]1c1cccnc1. The summed E-state index contributed by atoms with van der Waals surface area (Å²) < 4.78 is 6.12. The normalized spacial score (nSPS) is 17.3. The molecule has 1 aliphatic rings. The summed E-state index contributed by atoms with van der Waals surface area (Å²) in [4.78, 5) is 14.8. The number of pyridine rings is 1. The molecule has 0 saturated heterocycles. The summed E-state index contributed by atoms with van der Waals surface area (Å²) >= 11 is 0. The second kappa shape index (κ2) is 6.67. The van der Waals surface area contributed by atoms with Gasteiger partial charge in [-0.05, 0) is 17.7 Å². The Kier molecular flexibility index (Phi) is 4.02. The second-order valence-electron chi connectivity index (χ2n) is 7.03. The van der Waals surface area contributed by atoms with Crippen LogP contribution in [0.3, 0.4) is 0 Å². The van der Waals surface area contributed by atoms with Crippen LogP contribution in [0.1, 0.15) is 41.2 Å². The van der Waals surface area contributed by atoms with Crippen LogP contribution in [0.2, 0.25) is 0 Å². The van der Waals surface area contributed by atoms with Crippen LogP contribution in [0.4, 0.5) is 0 Å². The lowest BCUT2D eigenvalue weighted by atomic mass is 9.95. The van der Waals surface area contributed by atoms with E-state index >= 15 is 0 Å². The fourth-order valence-corrected chi connectivity index (χ4v) is 4.21. The molecule has 27 heavy (non-hydrogen) atoms. The molecule has 4 aromatic rings. The van der Waals surface area contributed by atoms with Gasteiger partial charge in [0.25, 0.3) is 0 Å². The minimum atomic E-state index is 0.104. The molecule has 0 bridgehead atoms. The number of para-hydroxylation sites is 1. The number of nitrogens with one attached hydrogen (secondary N) is 1. The summed E-state index contributed by atoms with van der Waals surface area (Å²) in [6, 6.07) is 12.6. The van der Waals surface area contributed by atoms with Crippen molar-refractivity contribution in [2.75, 3.05) is 6.54 Å². The van der Waals surface area contributed by atoms with Gasteiger partial charge < -0.3 is 9.40 Å². The second-order valence-corrected chi connectivity index (χ2v) is 7.03. The first-order valence-electron chi connectivity index (χ1n) is 9.50. The largest absolute Gasteiger partial charge is 0.461 e. The van der Waals surface area contributed by atoms with Crippen molar-refractivity contribution in [2.24, 2.45) is 0 Å². The molecule has 5 heteroatoms. The Hall–Kier alpha value is -2.92. The van der Waals surface area contributed by atoms with Crippen molar-refractivity contribution in [2.45, 2.75) is 32.4 Å². The van der Waals surface area contributed by atoms with Crippen LogP contribution < -0.4 is 0 Å². The average Bonchev–Trinajstić information content (AvgIpc) is 3.33. The quantitative estimate of drug-likeness (QED) is 0.592. The molecular formula is C22H22N4O. The van der Waals surface area contributed by atoms with E-state index in [9.17, 15) is 0 Å². The number of fused-ring (bicyclic) bond motifs is 2. The molecule has 5 nitrogen and oxygen atoms in total. The standard InChI is InChI=1S/C22H22N4O/c1-2-19-17(16-7-3-4-8-20(16)27-19)13-26-11-9-18-21(25-14-24-18)22(26)15-6-5-10-23-12-15/h3-8,10,12,14,22H,2,9,11,13H2,1H3,(H,24,25)/t22-/m0/s1. The smallest absolute Gasteiger partial charge is 0.134 e. The number of benzene rings is 1. The summed E-state index contributed by atoms with van der Waals surface area (Å²) in [5, 5.41) is 1.21. The first kappa shape index (κ1) is 16.3. The molecule has 0 aliphatic carbocycles. The molecule has 0 fully saturated rings. The van der Waals surface area contributed by atoms with Crippen LogP contribution >= 0.6 is 0 Å². The Balaban J connectivity index is 1.59. The number of rotatable bonds is 4. The van der Waals surface area contributed by atoms with Crippen molar-refractivity contribution in [1.29, 1.82) is 0 Å². The van der Waals surface area contributed by atoms with E-state index in [0.717, 1.165) is 43.0 Å². The molecular weight excluding hydrogens is 336 g/mol. The highest BCUT2D eigenvalue weighted by molar-refractivity contribution is 5.82. The molecule has 1 aliphatic heterocycles. The van der Waals surface area contributed by atoms with Crippen molar-refractivity contribution >= 4 is 11.0 Å². The molecule has 0 saturated carbocycles. The van der Waals surface area contributed by atoms with E-state index in [-0.39, 0.29) is 6.04 Å². The minimum Gasteiger partial charge on any atom is -0.461 e. The zero-order valence-corrected chi connectivity index (χ0v) is 15.4. The number of H-pyrrole nitrogens is 1. The van der Waals surface area contributed by atoms with E-state index in [1.165, 1.54) is 22.2 Å². The number of furan rings is 1. The van der Waals surface area contributed by atoms with Crippen LogP contribution in [0.15, 0.2) is 59.5 Å². The maximum Gasteiger partial charge on any atom is 0.134 e. The van der Waals surface area contributed by atoms with E-state index in [2.05, 4.69) is 51.0 Å². The summed E-state index contributed by atoms with van der Waals surface area (Å²) in [7, 11) is 0. The summed E-state index contributed by atoms with van der Waals surface area (Å²) in [6.07, 6.45) is 7.45. The van der Waals surface area contributed by atoms with E-state index in [1.54, 1.807) is 0 Å². The Bertz CT molecular complexity index is 1070. The van der Waals surface area contributed by atoms with Gasteiger partial charge in [-0.15, -0.1) is 0 Å². The van der Waals surface area contributed by atoms with Gasteiger partial charge in [0, 0.05) is 55.0 Å². The monoisotopic (exact) mass is 358 g/mol. The minimum absolute atomic E-state index is 0.104. The van der Waals surface area contributed by atoms with Gasteiger partial charge in [-0.3, -0.25) is 9.88 Å². The highest BCUT2D eigenvalue weighted by atomic mass is 16.3. The van der Waals surface area contributed by atoms with Crippen LogP contribution in [0, 0.1) is 0 Å². The van der Waals surface area contributed by atoms with Gasteiger partial charge in [-0.2, -0.15) is 0 Å². The molecule has 136 valence electrons. The summed E-state index contributed by atoms with van der Waals surface area (Å²) in [5.41, 5.74) is 5.78. The van der Waals surface area contributed by atoms with Gasteiger partial charge in [0.2, 0.25) is 0 Å². The van der Waals surface area contributed by atoms with Crippen LogP contribution in [0.25, 0.3) is 11.0 Å². The third-order valence-corrected chi connectivity index (χ3v) is 5.49. The fraction of sp³-hybridized carbons (Fsp3) is 0.273. The molecule has 0 radical (unpaired) electrons. The van der Waals surface area contributed by atoms with Gasteiger partial charge in [0.1, 0.15) is 11.3 Å². The molecule has 3 aromatic heterocycles. The van der Waals surface area contributed by atoms with E-state index in [0.29, 0.717) is 0 Å². The maximum atomic E-state index is 6.12. The number of hydrogen-bond donors (Lipinski definition) is 1. The van der Waals surface area contributed by atoms with E-state index in [1.807, 2.05) is 30.9 Å². The highest BCUT2D eigenvalue weighted by Crippen LogP contribution is 2.36. The molecule has 1 atom stereocenters. The van der Waals surface area contributed by atoms with Gasteiger partial charge >= 0.3 is 0 Å². The van der Waals surface area contributed by atoms with Gasteiger partial charge in [-0.25, -0.2) is 4.98 Å². The lowest BCUT2D eigenvalue weighted by molar-refractivity contribution is 0.199. The van der Waals surface area contributed by atoms with Crippen molar-refractivity contribution in [3.8, 4) is 0 Å². The summed E-state index contributed by atoms with van der Waals surface area (Å²) in [6.45, 7) is 3.96. The van der Waals surface area contributed by atoms with Crippen LogP contribution in [0.5, 0.6) is 0 Å². The predicted molar refractivity (Wildman–Crippen MR) is 104 cm³/mol. The third-order valence-electron chi connectivity index (χ3n) is 5.49. The molecule has 0 spiro atoms. The Morgan fingerprint density at radius 1 is 1.22 bits per heavy atom. The van der Waals surface area contributed by atoms with E-state index < -0.39 is 0 Å². The lowest BCUT2D eigenvalue weighted by Gasteiger charge is -2.35. The number of nitrogens with zero attached hydrogens (tertiary/aromatic N) is 3. The number of imidazole rings is 1. The van der Waals surface area contributed by atoms with Crippen molar-refractivity contribution in [3.63, 3.8) is 0 Å². The third kappa shape index (κ3) is 2.75. The topological polar surface area (TPSA) is 58.0 Å². The molecule has 1 N–H and O–H groups in total. The Morgan fingerprint density at radius 2 is 2.15 bits per heavy atom. The molecule has 0 amide bonds. The highest BCUT2D eigenvalue weighted by Gasteiger charge is 2.32. The van der Waals surface area contributed by atoms with Crippen molar-refractivity contribution in [3.05, 3.63) is 83.4 Å². The zero-order chi connectivity index (χ0) is 18.2. The van der Waals surface area contributed by atoms with Crippen molar-refractivity contribution in [1.82, 2.24) is 19.9 Å².